The molecule has 6 heteroatoms. The van der Waals surface area contributed by atoms with E-state index in [4.69, 9.17) is 9.47 Å². The van der Waals surface area contributed by atoms with Gasteiger partial charge in [-0.3, -0.25) is 10.1 Å². The molecule has 1 N–H and O–H groups in total. The maximum atomic E-state index is 11.2. The number of ether oxygens (including phenoxy) is 2. The summed E-state index contributed by atoms with van der Waals surface area (Å²) in [5, 5.41) is 14.4. The van der Waals surface area contributed by atoms with Crippen LogP contribution in [0.5, 0.6) is 5.75 Å². The highest BCUT2D eigenvalue weighted by molar-refractivity contribution is 5.68. The summed E-state index contributed by atoms with van der Waals surface area (Å²) >= 11 is 0. The smallest absolute Gasteiger partial charge is 0.333 e. The quantitative estimate of drug-likeness (QED) is 0.669. The third-order valence-corrected chi connectivity index (χ3v) is 3.25. The summed E-state index contributed by atoms with van der Waals surface area (Å²) in [6, 6.07) is 5.24. The van der Waals surface area contributed by atoms with Crippen LogP contribution >= 0.6 is 0 Å². The predicted octanol–water partition coefficient (Wildman–Crippen LogP) is 2.58. The van der Waals surface area contributed by atoms with Crippen LogP contribution in [0.25, 0.3) is 0 Å². The van der Waals surface area contributed by atoms with Crippen molar-refractivity contribution in [3.63, 3.8) is 0 Å². The second-order valence-corrected chi connectivity index (χ2v) is 4.66. The topological polar surface area (TPSA) is 73.6 Å². The van der Waals surface area contributed by atoms with Gasteiger partial charge in [-0.25, -0.2) is 0 Å². The number of hydrogen-bond donors (Lipinski definition) is 1. The second kappa shape index (κ2) is 5.88. The molecule has 19 heavy (non-hydrogen) atoms. The SMILES string of the molecule is COc1cccc(NC2CCOC(C)C2)c1[N+](=O)[O-]. The van der Waals surface area contributed by atoms with Crippen LogP contribution in [0.1, 0.15) is 19.8 Å². The zero-order valence-corrected chi connectivity index (χ0v) is 11.1. The Morgan fingerprint density at radius 1 is 1.53 bits per heavy atom. The van der Waals surface area contributed by atoms with Crippen LogP contribution in [0.15, 0.2) is 18.2 Å². The van der Waals surface area contributed by atoms with E-state index in [9.17, 15) is 10.1 Å². The number of anilines is 1. The van der Waals surface area contributed by atoms with Gasteiger partial charge in [0.05, 0.1) is 18.1 Å². The summed E-state index contributed by atoms with van der Waals surface area (Å²) in [6.07, 6.45) is 1.86. The lowest BCUT2D eigenvalue weighted by atomic mass is 10.0. The van der Waals surface area contributed by atoms with Crippen LogP contribution in [0.3, 0.4) is 0 Å². The van der Waals surface area contributed by atoms with Gasteiger partial charge in [0.15, 0.2) is 5.75 Å². The third kappa shape index (κ3) is 3.14. The molecule has 2 rings (SSSR count). The molecule has 0 aromatic heterocycles. The Morgan fingerprint density at radius 2 is 2.32 bits per heavy atom. The first-order valence-electron chi connectivity index (χ1n) is 6.31. The van der Waals surface area contributed by atoms with E-state index >= 15 is 0 Å². The maximum absolute atomic E-state index is 11.2. The Bertz CT molecular complexity index is 464. The van der Waals surface area contributed by atoms with Gasteiger partial charge in [-0.05, 0) is 31.9 Å². The molecule has 1 aliphatic heterocycles. The van der Waals surface area contributed by atoms with Crippen molar-refractivity contribution in [2.45, 2.75) is 31.9 Å². The molecule has 0 bridgehead atoms. The van der Waals surface area contributed by atoms with Crippen molar-refractivity contribution in [2.24, 2.45) is 0 Å². The highest BCUT2D eigenvalue weighted by Gasteiger charge is 2.25. The summed E-state index contributed by atoms with van der Waals surface area (Å²) in [4.78, 5) is 10.8. The first kappa shape index (κ1) is 13.6. The first-order chi connectivity index (χ1) is 9.11. The van der Waals surface area contributed by atoms with Gasteiger partial charge in [0.1, 0.15) is 5.69 Å². The maximum Gasteiger partial charge on any atom is 0.333 e. The number of nitro benzene ring substituents is 1. The number of nitro groups is 1. The molecule has 2 unspecified atom stereocenters. The molecule has 1 saturated heterocycles. The van der Waals surface area contributed by atoms with E-state index in [1.165, 1.54) is 7.11 Å². The number of hydrogen-bond acceptors (Lipinski definition) is 5. The fourth-order valence-corrected chi connectivity index (χ4v) is 2.34. The van der Waals surface area contributed by atoms with E-state index in [2.05, 4.69) is 5.32 Å². The molecule has 1 fully saturated rings. The van der Waals surface area contributed by atoms with E-state index in [-0.39, 0.29) is 23.6 Å². The molecule has 1 aromatic carbocycles. The lowest BCUT2D eigenvalue weighted by molar-refractivity contribution is -0.384. The van der Waals surface area contributed by atoms with Crippen molar-refractivity contribution in [1.29, 1.82) is 0 Å². The summed E-state index contributed by atoms with van der Waals surface area (Å²) in [7, 11) is 1.43. The Morgan fingerprint density at radius 3 is 2.95 bits per heavy atom. The van der Waals surface area contributed by atoms with Gasteiger partial charge in [-0.2, -0.15) is 0 Å². The van der Waals surface area contributed by atoms with Crippen LogP contribution in [0.2, 0.25) is 0 Å². The minimum atomic E-state index is -0.413. The Kier molecular flexibility index (Phi) is 4.21. The Hall–Kier alpha value is -1.82. The average Bonchev–Trinajstić information content (AvgIpc) is 2.38. The number of nitrogens with one attached hydrogen (secondary N) is 1. The zero-order chi connectivity index (χ0) is 13.8. The lowest BCUT2D eigenvalue weighted by Crippen LogP contribution is -2.32. The van der Waals surface area contributed by atoms with Gasteiger partial charge >= 0.3 is 5.69 Å². The van der Waals surface area contributed by atoms with Gasteiger partial charge in [0, 0.05) is 12.6 Å². The molecule has 104 valence electrons. The molecule has 0 aliphatic carbocycles. The van der Waals surface area contributed by atoms with Crippen LogP contribution in [-0.2, 0) is 4.74 Å². The molecule has 6 nitrogen and oxygen atoms in total. The largest absolute Gasteiger partial charge is 0.490 e. The molecular formula is C13H18N2O4. The number of benzene rings is 1. The van der Waals surface area contributed by atoms with E-state index in [1.807, 2.05) is 6.92 Å². The first-order valence-corrected chi connectivity index (χ1v) is 6.31. The molecule has 2 atom stereocenters. The summed E-state index contributed by atoms with van der Waals surface area (Å²) < 4.78 is 10.5. The average molecular weight is 266 g/mol. The Balaban J connectivity index is 2.21. The van der Waals surface area contributed by atoms with Crippen molar-refractivity contribution in [2.75, 3.05) is 19.0 Å². The van der Waals surface area contributed by atoms with Crippen molar-refractivity contribution in [3.05, 3.63) is 28.3 Å². The zero-order valence-electron chi connectivity index (χ0n) is 11.1. The van der Waals surface area contributed by atoms with Gasteiger partial charge in [0.2, 0.25) is 0 Å². The Labute approximate surface area is 111 Å². The highest BCUT2D eigenvalue weighted by Crippen LogP contribution is 2.35. The van der Waals surface area contributed by atoms with E-state index in [0.29, 0.717) is 12.3 Å². The molecular weight excluding hydrogens is 248 g/mol. The number of nitrogens with zero attached hydrogens (tertiary/aromatic N) is 1. The molecule has 0 spiro atoms. The molecule has 1 aromatic rings. The minimum absolute atomic E-state index is 0.0101. The normalized spacial score (nSPS) is 22.8. The number of methoxy groups -OCH3 is 1. The summed E-state index contributed by atoms with van der Waals surface area (Å²) in [5.74, 6) is 0.273. The fourth-order valence-electron chi connectivity index (χ4n) is 2.34. The van der Waals surface area contributed by atoms with Crippen LogP contribution in [0.4, 0.5) is 11.4 Å². The van der Waals surface area contributed by atoms with Crippen molar-refractivity contribution >= 4 is 11.4 Å². The van der Waals surface area contributed by atoms with E-state index < -0.39 is 4.92 Å². The van der Waals surface area contributed by atoms with E-state index in [0.717, 1.165) is 12.8 Å². The minimum Gasteiger partial charge on any atom is -0.490 e. The van der Waals surface area contributed by atoms with Crippen LogP contribution in [0, 0.1) is 10.1 Å². The van der Waals surface area contributed by atoms with Crippen LogP contribution in [-0.4, -0.2) is 30.8 Å². The molecule has 1 heterocycles. The molecule has 0 amide bonds. The van der Waals surface area contributed by atoms with Gasteiger partial charge < -0.3 is 14.8 Å². The van der Waals surface area contributed by atoms with Crippen molar-refractivity contribution < 1.29 is 14.4 Å². The highest BCUT2D eigenvalue weighted by atomic mass is 16.6. The predicted molar refractivity (Wildman–Crippen MR) is 71.7 cm³/mol. The molecule has 1 aliphatic rings. The van der Waals surface area contributed by atoms with Crippen molar-refractivity contribution in [3.8, 4) is 5.75 Å². The monoisotopic (exact) mass is 266 g/mol. The van der Waals surface area contributed by atoms with Gasteiger partial charge in [-0.1, -0.05) is 6.07 Å². The number of para-hydroxylation sites is 1. The fraction of sp³-hybridized carbons (Fsp3) is 0.538. The van der Waals surface area contributed by atoms with Gasteiger partial charge in [-0.15, -0.1) is 0 Å². The molecule has 0 radical (unpaired) electrons. The second-order valence-electron chi connectivity index (χ2n) is 4.66. The third-order valence-electron chi connectivity index (χ3n) is 3.25. The summed E-state index contributed by atoms with van der Waals surface area (Å²) in [5.41, 5.74) is 0.493. The van der Waals surface area contributed by atoms with Crippen molar-refractivity contribution in [1.82, 2.24) is 0 Å². The standard InChI is InChI=1S/C13H18N2O4/c1-9-8-10(6-7-19-9)14-11-4-3-5-12(18-2)13(11)15(16)17/h3-5,9-10,14H,6-8H2,1-2H3. The molecule has 0 saturated carbocycles. The van der Waals surface area contributed by atoms with Crippen LogP contribution < -0.4 is 10.1 Å². The number of rotatable bonds is 4. The summed E-state index contributed by atoms with van der Waals surface area (Å²) in [6.45, 7) is 2.68. The van der Waals surface area contributed by atoms with Gasteiger partial charge in [0.25, 0.3) is 0 Å². The lowest BCUT2D eigenvalue weighted by Gasteiger charge is -2.28. The van der Waals surface area contributed by atoms with E-state index in [1.54, 1.807) is 18.2 Å².